The van der Waals surface area contributed by atoms with Crippen molar-refractivity contribution in [3.63, 3.8) is 0 Å². The Kier molecular flexibility index (Phi) is 4.38. The van der Waals surface area contributed by atoms with Gasteiger partial charge in [0.25, 0.3) is 0 Å². The highest BCUT2D eigenvalue weighted by Gasteiger charge is 2.57. The van der Waals surface area contributed by atoms with Crippen molar-refractivity contribution in [2.24, 2.45) is 11.8 Å². The smallest absolute Gasteiger partial charge is 0.410 e. The molecule has 126 valence electrons. The Bertz CT molecular complexity index is 409. The van der Waals surface area contributed by atoms with E-state index >= 15 is 0 Å². The van der Waals surface area contributed by atoms with Crippen LogP contribution in [0.2, 0.25) is 0 Å². The number of ether oxygens (including phenoxy) is 2. The number of nitrogens with one attached hydrogen (secondary N) is 1. The van der Waals surface area contributed by atoms with E-state index in [9.17, 15) is 4.79 Å². The largest absolute Gasteiger partial charge is 0.444 e. The lowest BCUT2D eigenvalue weighted by atomic mass is 9.92. The van der Waals surface area contributed by atoms with Crippen molar-refractivity contribution in [2.75, 3.05) is 20.2 Å². The molecule has 0 aromatic rings. The second-order valence-corrected chi connectivity index (χ2v) is 8.13. The topological polar surface area (TPSA) is 50.8 Å². The molecule has 3 fully saturated rings. The fraction of sp³-hybridized carbons (Fsp3) is 0.941. The summed E-state index contributed by atoms with van der Waals surface area (Å²) >= 11 is 0. The molecule has 1 amide bonds. The van der Waals surface area contributed by atoms with E-state index in [1.54, 1.807) is 0 Å². The third-order valence-electron chi connectivity index (χ3n) is 5.23. The van der Waals surface area contributed by atoms with Crippen LogP contribution in [-0.4, -0.2) is 55.0 Å². The van der Waals surface area contributed by atoms with Crippen LogP contribution in [0.4, 0.5) is 4.79 Å². The van der Waals surface area contributed by atoms with Gasteiger partial charge in [-0.05, 0) is 58.3 Å². The standard InChI is InChI=1S/C17H30N2O3/c1-17(2,3)22-16(20)19-9-13-14(10-19)15(13)18-11-6-5-7-12(8-11)21-4/h11-15,18H,5-10H2,1-4H3. The molecule has 1 aliphatic heterocycles. The normalized spacial score (nSPS) is 37.8. The Hall–Kier alpha value is -0.810. The van der Waals surface area contributed by atoms with E-state index in [4.69, 9.17) is 9.47 Å². The van der Waals surface area contributed by atoms with Crippen LogP contribution in [-0.2, 0) is 9.47 Å². The number of likely N-dealkylation sites (tertiary alicyclic amines) is 1. The van der Waals surface area contributed by atoms with Gasteiger partial charge in [0.2, 0.25) is 0 Å². The molecular weight excluding hydrogens is 280 g/mol. The Morgan fingerprint density at radius 1 is 1.18 bits per heavy atom. The second-order valence-electron chi connectivity index (χ2n) is 8.13. The summed E-state index contributed by atoms with van der Waals surface area (Å²) < 4.78 is 11.0. The number of methoxy groups -OCH3 is 1. The van der Waals surface area contributed by atoms with Crippen molar-refractivity contribution >= 4 is 6.09 Å². The van der Waals surface area contributed by atoms with Crippen LogP contribution in [0.1, 0.15) is 46.5 Å². The number of carbonyl (C=O) groups excluding carboxylic acids is 1. The van der Waals surface area contributed by atoms with Crippen LogP contribution in [0.3, 0.4) is 0 Å². The highest BCUT2D eigenvalue weighted by molar-refractivity contribution is 5.69. The SMILES string of the molecule is COC1CCCC(NC2C3CN(C(=O)OC(C)(C)C)CC32)C1. The molecule has 2 saturated carbocycles. The van der Waals surface area contributed by atoms with Gasteiger partial charge in [-0.25, -0.2) is 4.79 Å². The summed E-state index contributed by atoms with van der Waals surface area (Å²) in [6.07, 6.45) is 5.09. The third-order valence-corrected chi connectivity index (χ3v) is 5.23. The van der Waals surface area contributed by atoms with Gasteiger partial charge in [-0.15, -0.1) is 0 Å². The second kappa shape index (κ2) is 6.00. The summed E-state index contributed by atoms with van der Waals surface area (Å²) in [5, 5.41) is 3.81. The van der Waals surface area contributed by atoms with Crippen molar-refractivity contribution in [3.05, 3.63) is 0 Å². The van der Waals surface area contributed by atoms with Crippen LogP contribution in [0.15, 0.2) is 0 Å². The molecule has 0 radical (unpaired) electrons. The summed E-state index contributed by atoms with van der Waals surface area (Å²) in [4.78, 5) is 13.9. The maximum atomic E-state index is 12.1. The molecule has 5 heteroatoms. The molecule has 4 unspecified atom stereocenters. The maximum absolute atomic E-state index is 12.1. The van der Waals surface area contributed by atoms with Gasteiger partial charge in [0.15, 0.2) is 0 Å². The summed E-state index contributed by atoms with van der Waals surface area (Å²) in [7, 11) is 1.82. The van der Waals surface area contributed by atoms with E-state index in [1.807, 2.05) is 32.8 Å². The van der Waals surface area contributed by atoms with Gasteiger partial charge in [0, 0.05) is 32.3 Å². The lowest BCUT2D eigenvalue weighted by molar-refractivity contribution is 0.0265. The first-order valence-electron chi connectivity index (χ1n) is 8.64. The average molecular weight is 310 g/mol. The first kappa shape index (κ1) is 16.1. The zero-order chi connectivity index (χ0) is 15.9. The average Bonchev–Trinajstić information content (AvgIpc) is 2.89. The molecule has 0 bridgehead atoms. The van der Waals surface area contributed by atoms with Gasteiger partial charge in [0.05, 0.1) is 6.10 Å². The third kappa shape index (κ3) is 3.57. The van der Waals surface area contributed by atoms with Crippen LogP contribution in [0, 0.1) is 11.8 Å². The highest BCUT2D eigenvalue weighted by atomic mass is 16.6. The molecule has 5 nitrogen and oxygen atoms in total. The number of nitrogens with zero attached hydrogens (tertiary/aromatic N) is 1. The van der Waals surface area contributed by atoms with E-state index in [2.05, 4.69) is 5.32 Å². The van der Waals surface area contributed by atoms with E-state index in [1.165, 1.54) is 19.3 Å². The van der Waals surface area contributed by atoms with E-state index in [0.717, 1.165) is 19.5 Å². The van der Waals surface area contributed by atoms with Crippen molar-refractivity contribution in [1.29, 1.82) is 0 Å². The minimum absolute atomic E-state index is 0.157. The number of carbonyl (C=O) groups is 1. The Morgan fingerprint density at radius 3 is 2.45 bits per heavy atom. The predicted octanol–water partition coefficient (Wildman–Crippen LogP) is 2.40. The summed E-state index contributed by atoms with van der Waals surface area (Å²) in [6.45, 7) is 7.44. The minimum Gasteiger partial charge on any atom is -0.444 e. The van der Waals surface area contributed by atoms with Gasteiger partial charge < -0.3 is 19.7 Å². The molecule has 3 rings (SSSR count). The number of hydrogen-bond donors (Lipinski definition) is 1. The Morgan fingerprint density at radius 2 is 1.86 bits per heavy atom. The van der Waals surface area contributed by atoms with Crippen molar-refractivity contribution in [3.8, 4) is 0 Å². The van der Waals surface area contributed by atoms with E-state index in [-0.39, 0.29) is 6.09 Å². The van der Waals surface area contributed by atoms with Gasteiger partial charge in [-0.1, -0.05) is 0 Å². The maximum Gasteiger partial charge on any atom is 0.410 e. The molecular formula is C17H30N2O3. The lowest BCUT2D eigenvalue weighted by Crippen LogP contribution is -2.43. The number of hydrogen-bond acceptors (Lipinski definition) is 4. The molecule has 0 spiro atoms. The minimum atomic E-state index is -0.404. The molecule has 0 aromatic carbocycles. The van der Waals surface area contributed by atoms with Gasteiger partial charge in [-0.3, -0.25) is 0 Å². The van der Waals surface area contributed by atoms with Crippen LogP contribution < -0.4 is 5.32 Å². The Balaban J connectivity index is 1.42. The molecule has 22 heavy (non-hydrogen) atoms. The summed E-state index contributed by atoms with van der Waals surface area (Å²) in [6, 6.07) is 1.18. The molecule has 1 heterocycles. The Labute approximate surface area is 133 Å². The van der Waals surface area contributed by atoms with Crippen LogP contribution >= 0.6 is 0 Å². The quantitative estimate of drug-likeness (QED) is 0.869. The number of rotatable bonds is 3. The number of piperidine rings is 1. The summed E-state index contributed by atoms with van der Waals surface area (Å²) in [5.74, 6) is 1.24. The fourth-order valence-corrected chi connectivity index (χ4v) is 4.03. The molecule has 2 aliphatic carbocycles. The lowest BCUT2D eigenvalue weighted by Gasteiger charge is -2.30. The van der Waals surface area contributed by atoms with Crippen LogP contribution in [0.5, 0.6) is 0 Å². The fourth-order valence-electron chi connectivity index (χ4n) is 4.03. The number of amides is 1. The molecule has 0 aromatic heterocycles. The monoisotopic (exact) mass is 310 g/mol. The molecule has 1 N–H and O–H groups in total. The van der Waals surface area contributed by atoms with Crippen molar-refractivity contribution in [2.45, 2.75) is 70.2 Å². The zero-order valence-electron chi connectivity index (χ0n) is 14.3. The van der Waals surface area contributed by atoms with Gasteiger partial charge >= 0.3 is 6.09 Å². The van der Waals surface area contributed by atoms with Crippen LogP contribution in [0.25, 0.3) is 0 Å². The first-order chi connectivity index (χ1) is 10.4. The molecule has 3 aliphatic rings. The van der Waals surface area contributed by atoms with E-state index < -0.39 is 5.60 Å². The zero-order valence-corrected chi connectivity index (χ0v) is 14.3. The van der Waals surface area contributed by atoms with Crippen molar-refractivity contribution in [1.82, 2.24) is 10.2 Å². The number of fused-ring (bicyclic) bond motifs is 1. The van der Waals surface area contributed by atoms with Gasteiger partial charge in [0.1, 0.15) is 5.60 Å². The molecule has 4 atom stereocenters. The van der Waals surface area contributed by atoms with Gasteiger partial charge in [-0.2, -0.15) is 0 Å². The summed E-state index contributed by atoms with van der Waals surface area (Å²) in [5.41, 5.74) is -0.404. The van der Waals surface area contributed by atoms with Crippen molar-refractivity contribution < 1.29 is 14.3 Å². The first-order valence-corrected chi connectivity index (χ1v) is 8.64. The molecule has 1 saturated heterocycles. The predicted molar refractivity (Wildman–Crippen MR) is 84.8 cm³/mol. The highest BCUT2D eigenvalue weighted by Crippen LogP contribution is 2.46. The van der Waals surface area contributed by atoms with E-state index in [0.29, 0.717) is 30.0 Å².